The summed E-state index contributed by atoms with van der Waals surface area (Å²) < 4.78 is 30.5. The van der Waals surface area contributed by atoms with Crippen molar-refractivity contribution >= 4 is 10.0 Å². The van der Waals surface area contributed by atoms with Crippen LogP contribution in [0, 0.1) is 0 Å². The van der Waals surface area contributed by atoms with Crippen LogP contribution in [0.2, 0.25) is 0 Å². The fourth-order valence-corrected chi connectivity index (χ4v) is 5.53. The lowest BCUT2D eigenvalue weighted by molar-refractivity contribution is 0.580. The summed E-state index contributed by atoms with van der Waals surface area (Å²) in [6.45, 7) is 2.17. The molecule has 162 valence electrons. The van der Waals surface area contributed by atoms with E-state index in [1.54, 1.807) is 13.1 Å². The minimum atomic E-state index is -3.72. The van der Waals surface area contributed by atoms with Crippen LogP contribution >= 0.6 is 0 Å². The quantitative estimate of drug-likeness (QED) is 0.641. The molecule has 0 unspecified atom stereocenters. The normalized spacial score (nSPS) is 13.7. The van der Waals surface area contributed by atoms with E-state index in [4.69, 9.17) is 0 Å². The van der Waals surface area contributed by atoms with Gasteiger partial charge in [0.25, 0.3) is 5.56 Å². The molecule has 0 radical (unpaired) electrons. The molecule has 0 amide bonds. The van der Waals surface area contributed by atoms with Crippen molar-refractivity contribution in [2.45, 2.75) is 50.5 Å². The molecule has 4 rings (SSSR count). The number of aromatic nitrogens is 2. The predicted molar refractivity (Wildman–Crippen MR) is 121 cm³/mol. The van der Waals surface area contributed by atoms with E-state index in [9.17, 15) is 13.2 Å². The first kappa shape index (κ1) is 21.5. The lowest BCUT2D eigenvalue weighted by Gasteiger charge is -2.20. The summed E-state index contributed by atoms with van der Waals surface area (Å²) in [5, 5.41) is 4.52. The Morgan fingerprint density at radius 1 is 1.03 bits per heavy atom. The Hall–Kier alpha value is -2.77. The van der Waals surface area contributed by atoms with E-state index in [0.29, 0.717) is 12.1 Å². The number of hydrogen-bond acceptors (Lipinski definition) is 4. The van der Waals surface area contributed by atoms with Gasteiger partial charge in [-0.2, -0.15) is 5.10 Å². The summed E-state index contributed by atoms with van der Waals surface area (Å²) in [6, 6.07) is 14.9. The fraction of sp³-hybridized carbons (Fsp3) is 0.333. The second kappa shape index (κ2) is 8.77. The molecule has 0 saturated heterocycles. The maximum Gasteiger partial charge on any atom is 0.269 e. The van der Waals surface area contributed by atoms with Crippen molar-refractivity contribution in [3.63, 3.8) is 0 Å². The molecule has 31 heavy (non-hydrogen) atoms. The highest BCUT2D eigenvalue weighted by Crippen LogP contribution is 2.30. The van der Waals surface area contributed by atoms with E-state index in [1.165, 1.54) is 4.68 Å². The smallest absolute Gasteiger partial charge is 0.268 e. The van der Waals surface area contributed by atoms with Crippen LogP contribution in [0.5, 0.6) is 0 Å². The molecular formula is C24H27N3O3S. The first-order valence-corrected chi connectivity index (χ1v) is 12.1. The van der Waals surface area contributed by atoms with Crippen LogP contribution in [0.1, 0.15) is 42.0 Å². The van der Waals surface area contributed by atoms with Gasteiger partial charge in [-0.3, -0.25) is 4.79 Å². The molecule has 0 atom stereocenters. The average molecular weight is 438 g/mol. The van der Waals surface area contributed by atoms with Crippen LogP contribution in [0.4, 0.5) is 0 Å². The highest BCUT2D eigenvalue weighted by molar-refractivity contribution is 7.89. The minimum Gasteiger partial charge on any atom is -0.268 e. The molecule has 1 aliphatic carbocycles. The second-order valence-corrected chi connectivity index (χ2v) is 9.66. The monoisotopic (exact) mass is 437 g/mol. The Morgan fingerprint density at radius 3 is 2.45 bits per heavy atom. The molecule has 0 spiro atoms. The summed E-state index contributed by atoms with van der Waals surface area (Å²) in [6.07, 6.45) is 4.13. The van der Waals surface area contributed by atoms with Gasteiger partial charge in [-0.1, -0.05) is 49.4 Å². The third kappa shape index (κ3) is 4.34. The highest BCUT2D eigenvalue weighted by Gasteiger charge is 2.23. The lowest BCUT2D eigenvalue weighted by Crippen LogP contribution is -2.28. The molecule has 1 aliphatic rings. The zero-order valence-corrected chi connectivity index (χ0v) is 18.7. The van der Waals surface area contributed by atoms with Crippen LogP contribution < -0.4 is 10.3 Å². The van der Waals surface area contributed by atoms with Gasteiger partial charge in [0.05, 0.1) is 10.6 Å². The van der Waals surface area contributed by atoms with E-state index in [-0.39, 0.29) is 17.0 Å². The molecule has 6 nitrogen and oxygen atoms in total. The van der Waals surface area contributed by atoms with Crippen molar-refractivity contribution in [2.75, 3.05) is 0 Å². The first-order valence-electron chi connectivity index (χ1n) is 10.7. The molecule has 1 heterocycles. The number of rotatable bonds is 6. The van der Waals surface area contributed by atoms with E-state index < -0.39 is 10.0 Å². The number of sulfonamides is 1. The summed E-state index contributed by atoms with van der Waals surface area (Å²) in [5.41, 5.74) is 4.80. The standard InChI is InChI=1S/C24H27N3O3S/c1-3-18-13-14-19(23-20-11-7-8-12-21(20)24(28)27(2)26-23)15-22(18)31(29,30)25-16-17-9-5-4-6-10-17/h4-6,9-10,13-15,25H,3,7-8,11-12,16H2,1-2H3. The highest BCUT2D eigenvalue weighted by atomic mass is 32.2. The fourth-order valence-electron chi connectivity index (χ4n) is 4.18. The summed E-state index contributed by atoms with van der Waals surface area (Å²) in [7, 11) is -2.06. The van der Waals surface area contributed by atoms with Crippen LogP contribution in [-0.2, 0) is 42.9 Å². The van der Waals surface area contributed by atoms with Gasteiger partial charge in [-0.25, -0.2) is 17.8 Å². The van der Waals surface area contributed by atoms with Crippen molar-refractivity contribution in [3.8, 4) is 11.3 Å². The van der Waals surface area contributed by atoms with Gasteiger partial charge in [0.2, 0.25) is 10.0 Å². The summed E-state index contributed by atoms with van der Waals surface area (Å²) >= 11 is 0. The zero-order valence-electron chi connectivity index (χ0n) is 17.9. The third-order valence-electron chi connectivity index (χ3n) is 5.88. The van der Waals surface area contributed by atoms with Crippen molar-refractivity contribution in [2.24, 2.45) is 7.05 Å². The SMILES string of the molecule is CCc1ccc(-c2nn(C)c(=O)c3c2CCCC3)cc1S(=O)(=O)NCc1ccccc1. The number of fused-ring (bicyclic) bond motifs is 1. The van der Waals surface area contributed by atoms with Gasteiger partial charge < -0.3 is 0 Å². The zero-order chi connectivity index (χ0) is 22.0. The predicted octanol–water partition coefficient (Wildman–Crippen LogP) is 3.37. The van der Waals surface area contributed by atoms with Gasteiger partial charge in [-0.05, 0) is 54.9 Å². The number of benzene rings is 2. The largest absolute Gasteiger partial charge is 0.269 e. The number of nitrogens with zero attached hydrogens (tertiary/aromatic N) is 2. The van der Waals surface area contributed by atoms with E-state index >= 15 is 0 Å². The van der Waals surface area contributed by atoms with E-state index in [2.05, 4.69) is 9.82 Å². The molecule has 1 aromatic heterocycles. The number of nitrogens with one attached hydrogen (secondary N) is 1. The Morgan fingerprint density at radius 2 is 1.74 bits per heavy atom. The van der Waals surface area contributed by atoms with Gasteiger partial charge in [0.1, 0.15) is 0 Å². The van der Waals surface area contributed by atoms with Crippen LogP contribution in [-0.4, -0.2) is 18.2 Å². The Balaban J connectivity index is 1.77. The van der Waals surface area contributed by atoms with Crippen molar-refractivity contribution in [1.82, 2.24) is 14.5 Å². The Labute approximate surface area is 183 Å². The molecule has 3 aromatic rings. The van der Waals surface area contributed by atoms with Crippen molar-refractivity contribution < 1.29 is 8.42 Å². The molecule has 0 fully saturated rings. The molecule has 2 aromatic carbocycles. The lowest BCUT2D eigenvalue weighted by atomic mass is 9.89. The number of hydrogen-bond donors (Lipinski definition) is 1. The van der Waals surface area contributed by atoms with Crippen molar-refractivity contribution in [3.05, 3.63) is 81.1 Å². The van der Waals surface area contributed by atoms with Crippen LogP contribution in [0.15, 0.2) is 58.2 Å². The number of aryl methyl sites for hydroxylation is 2. The van der Waals surface area contributed by atoms with Gasteiger partial charge in [0.15, 0.2) is 0 Å². The van der Waals surface area contributed by atoms with Gasteiger partial charge >= 0.3 is 0 Å². The Kier molecular flexibility index (Phi) is 6.07. The molecule has 7 heteroatoms. The second-order valence-electron chi connectivity index (χ2n) is 7.93. The van der Waals surface area contributed by atoms with Gasteiger partial charge in [-0.15, -0.1) is 0 Å². The van der Waals surface area contributed by atoms with Crippen LogP contribution in [0.3, 0.4) is 0 Å². The summed E-state index contributed by atoms with van der Waals surface area (Å²) in [5.74, 6) is 0. The Bertz CT molecular complexity index is 1270. The molecule has 0 bridgehead atoms. The maximum absolute atomic E-state index is 13.2. The third-order valence-corrected chi connectivity index (χ3v) is 7.36. The van der Waals surface area contributed by atoms with Gasteiger partial charge in [0, 0.05) is 24.7 Å². The molecule has 1 N–H and O–H groups in total. The topological polar surface area (TPSA) is 81.1 Å². The summed E-state index contributed by atoms with van der Waals surface area (Å²) in [4.78, 5) is 12.8. The minimum absolute atomic E-state index is 0.0546. The molecule has 0 aliphatic heterocycles. The maximum atomic E-state index is 13.2. The first-order chi connectivity index (χ1) is 14.9. The van der Waals surface area contributed by atoms with Crippen LogP contribution in [0.25, 0.3) is 11.3 Å². The molecule has 0 saturated carbocycles. The van der Waals surface area contributed by atoms with E-state index in [0.717, 1.165) is 53.5 Å². The molecular weight excluding hydrogens is 410 g/mol. The van der Waals surface area contributed by atoms with E-state index in [1.807, 2.05) is 49.4 Å². The average Bonchev–Trinajstić information content (AvgIpc) is 2.80. The van der Waals surface area contributed by atoms with Crippen molar-refractivity contribution in [1.29, 1.82) is 0 Å².